The third kappa shape index (κ3) is 3.56. The van der Waals surface area contributed by atoms with Crippen molar-refractivity contribution in [2.45, 2.75) is 57.3 Å². The van der Waals surface area contributed by atoms with E-state index in [9.17, 15) is 4.79 Å². The summed E-state index contributed by atoms with van der Waals surface area (Å²) in [6.45, 7) is 7.30. The fraction of sp³-hybridized carbons (Fsp3) is 0.476. The highest BCUT2D eigenvalue weighted by Crippen LogP contribution is 2.41. The second-order valence-corrected chi connectivity index (χ2v) is 8.79. The van der Waals surface area contributed by atoms with Crippen molar-refractivity contribution in [2.75, 3.05) is 6.54 Å². The number of benzene rings is 1. The SMILES string of the molecule is CC(C)(C)c1ccc(C(=O)NCC2(c3ccsc3)CCCC2)cc1. The Bertz CT molecular complexity index is 674. The predicted octanol–water partition coefficient (Wildman–Crippen LogP) is 5.29. The fourth-order valence-electron chi connectivity index (χ4n) is 3.66. The smallest absolute Gasteiger partial charge is 0.251 e. The number of carbonyl (C=O) groups excluding carboxylic acids is 1. The highest BCUT2D eigenvalue weighted by atomic mass is 32.1. The third-order valence-electron chi connectivity index (χ3n) is 5.29. The first-order chi connectivity index (χ1) is 11.4. The van der Waals surface area contributed by atoms with Gasteiger partial charge in [0.1, 0.15) is 0 Å². The number of carbonyl (C=O) groups is 1. The highest BCUT2D eigenvalue weighted by molar-refractivity contribution is 7.08. The molecule has 1 aromatic carbocycles. The first-order valence-corrected chi connectivity index (χ1v) is 9.76. The van der Waals surface area contributed by atoms with E-state index in [1.54, 1.807) is 11.3 Å². The topological polar surface area (TPSA) is 29.1 Å². The minimum absolute atomic E-state index is 0.0389. The Morgan fingerprint density at radius 3 is 2.33 bits per heavy atom. The van der Waals surface area contributed by atoms with Gasteiger partial charge in [-0.15, -0.1) is 0 Å². The lowest BCUT2D eigenvalue weighted by molar-refractivity contribution is 0.0943. The molecule has 0 saturated heterocycles. The van der Waals surface area contributed by atoms with Gasteiger partial charge in [-0.3, -0.25) is 4.79 Å². The Hall–Kier alpha value is -1.61. The van der Waals surface area contributed by atoms with E-state index in [0.29, 0.717) is 0 Å². The minimum atomic E-state index is 0.0389. The van der Waals surface area contributed by atoms with E-state index in [2.05, 4.69) is 55.0 Å². The molecule has 0 aliphatic heterocycles. The number of amides is 1. The van der Waals surface area contributed by atoms with E-state index < -0.39 is 0 Å². The molecule has 1 aliphatic carbocycles. The van der Waals surface area contributed by atoms with Crippen molar-refractivity contribution in [1.82, 2.24) is 5.32 Å². The van der Waals surface area contributed by atoms with Crippen molar-refractivity contribution in [3.8, 4) is 0 Å². The average Bonchev–Trinajstić information content (AvgIpc) is 3.24. The van der Waals surface area contributed by atoms with Gasteiger partial charge < -0.3 is 5.32 Å². The van der Waals surface area contributed by atoms with Gasteiger partial charge in [0.25, 0.3) is 5.91 Å². The summed E-state index contributed by atoms with van der Waals surface area (Å²) in [4.78, 5) is 12.6. The summed E-state index contributed by atoms with van der Waals surface area (Å²) in [5.74, 6) is 0.0389. The molecule has 1 fully saturated rings. The van der Waals surface area contributed by atoms with Gasteiger partial charge in [-0.2, -0.15) is 11.3 Å². The van der Waals surface area contributed by atoms with Crippen molar-refractivity contribution >= 4 is 17.2 Å². The second-order valence-electron chi connectivity index (χ2n) is 8.01. The van der Waals surface area contributed by atoms with E-state index in [1.807, 2.05) is 12.1 Å². The Balaban J connectivity index is 1.68. The van der Waals surface area contributed by atoms with Crippen LogP contribution in [0.25, 0.3) is 0 Å². The van der Waals surface area contributed by atoms with Crippen molar-refractivity contribution in [3.63, 3.8) is 0 Å². The van der Waals surface area contributed by atoms with Crippen LogP contribution in [0.5, 0.6) is 0 Å². The summed E-state index contributed by atoms with van der Waals surface area (Å²) in [6, 6.07) is 10.3. The molecule has 1 aliphatic rings. The first-order valence-electron chi connectivity index (χ1n) is 8.82. The lowest BCUT2D eigenvalue weighted by atomic mass is 9.80. The summed E-state index contributed by atoms with van der Waals surface area (Å²) >= 11 is 1.75. The molecule has 0 spiro atoms. The van der Waals surface area contributed by atoms with E-state index in [-0.39, 0.29) is 16.7 Å². The maximum Gasteiger partial charge on any atom is 0.251 e. The summed E-state index contributed by atoms with van der Waals surface area (Å²) in [6.07, 6.45) is 4.86. The zero-order valence-electron chi connectivity index (χ0n) is 14.9. The van der Waals surface area contributed by atoms with Gasteiger partial charge in [-0.25, -0.2) is 0 Å². The van der Waals surface area contributed by atoms with Crippen molar-refractivity contribution in [1.29, 1.82) is 0 Å². The molecular formula is C21H27NOS. The molecule has 0 bridgehead atoms. The lowest BCUT2D eigenvalue weighted by Crippen LogP contribution is -2.38. The molecule has 3 heteroatoms. The number of rotatable bonds is 4. The maximum absolute atomic E-state index is 12.6. The van der Waals surface area contributed by atoms with Crippen LogP contribution in [0.3, 0.4) is 0 Å². The fourth-order valence-corrected chi connectivity index (χ4v) is 4.44. The zero-order valence-corrected chi connectivity index (χ0v) is 15.7. The standard InChI is InChI=1S/C21H27NOS/c1-20(2,3)17-8-6-16(7-9-17)19(23)22-15-21(11-4-5-12-21)18-10-13-24-14-18/h6-10,13-14H,4-5,11-12,15H2,1-3H3,(H,22,23). The Labute approximate surface area is 149 Å². The molecular weight excluding hydrogens is 314 g/mol. The first kappa shape index (κ1) is 17.2. The van der Waals surface area contributed by atoms with Crippen LogP contribution in [0.15, 0.2) is 41.1 Å². The van der Waals surface area contributed by atoms with Crippen LogP contribution in [0.2, 0.25) is 0 Å². The number of nitrogens with one attached hydrogen (secondary N) is 1. The van der Waals surface area contributed by atoms with Gasteiger partial charge in [0.2, 0.25) is 0 Å². The van der Waals surface area contributed by atoms with Crippen LogP contribution in [-0.4, -0.2) is 12.5 Å². The van der Waals surface area contributed by atoms with Gasteiger partial charge in [-0.05, 0) is 58.3 Å². The Kier molecular flexibility index (Phi) is 4.82. The van der Waals surface area contributed by atoms with Gasteiger partial charge in [0.05, 0.1) is 0 Å². The normalized spacial score (nSPS) is 17.0. The molecule has 0 radical (unpaired) electrons. The predicted molar refractivity (Wildman–Crippen MR) is 102 cm³/mol. The number of hydrogen-bond donors (Lipinski definition) is 1. The van der Waals surface area contributed by atoms with E-state index in [1.165, 1.54) is 36.8 Å². The molecule has 128 valence electrons. The van der Waals surface area contributed by atoms with Gasteiger partial charge >= 0.3 is 0 Å². The van der Waals surface area contributed by atoms with Crippen molar-refractivity contribution < 1.29 is 4.79 Å². The molecule has 0 atom stereocenters. The molecule has 1 heterocycles. The summed E-state index contributed by atoms with van der Waals surface area (Å²) in [5.41, 5.74) is 3.66. The molecule has 0 unspecified atom stereocenters. The zero-order chi connectivity index (χ0) is 17.2. The second kappa shape index (κ2) is 6.72. The van der Waals surface area contributed by atoms with Crippen LogP contribution in [0.1, 0.15) is 67.9 Å². The van der Waals surface area contributed by atoms with E-state index in [0.717, 1.165) is 12.1 Å². The van der Waals surface area contributed by atoms with Crippen LogP contribution < -0.4 is 5.32 Å². The number of thiophene rings is 1. The largest absolute Gasteiger partial charge is 0.351 e. The van der Waals surface area contributed by atoms with E-state index >= 15 is 0 Å². The molecule has 2 nitrogen and oxygen atoms in total. The van der Waals surface area contributed by atoms with Gasteiger partial charge in [0.15, 0.2) is 0 Å². The van der Waals surface area contributed by atoms with E-state index in [4.69, 9.17) is 0 Å². The molecule has 1 N–H and O–H groups in total. The molecule has 1 amide bonds. The summed E-state index contributed by atoms with van der Waals surface area (Å²) < 4.78 is 0. The molecule has 3 rings (SSSR count). The average molecular weight is 342 g/mol. The van der Waals surface area contributed by atoms with Crippen molar-refractivity contribution in [2.24, 2.45) is 0 Å². The van der Waals surface area contributed by atoms with Crippen LogP contribution in [0, 0.1) is 0 Å². The Morgan fingerprint density at radius 1 is 1.12 bits per heavy atom. The minimum Gasteiger partial charge on any atom is -0.351 e. The van der Waals surface area contributed by atoms with Gasteiger partial charge in [0, 0.05) is 17.5 Å². The summed E-state index contributed by atoms with van der Waals surface area (Å²) in [7, 11) is 0. The monoisotopic (exact) mass is 341 g/mol. The summed E-state index contributed by atoms with van der Waals surface area (Å²) in [5, 5.41) is 7.58. The quantitative estimate of drug-likeness (QED) is 0.804. The van der Waals surface area contributed by atoms with Crippen LogP contribution in [0.4, 0.5) is 0 Å². The number of hydrogen-bond acceptors (Lipinski definition) is 2. The molecule has 1 saturated carbocycles. The maximum atomic E-state index is 12.6. The Morgan fingerprint density at radius 2 is 1.79 bits per heavy atom. The van der Waals surface area contributed by atoms with Crippen LogP contribution >= 0.6 is 11.3 Å². The van der Waals surface area contributed by atoms with Crippen LogP contribution in [-0.2, 0) is 10.8 Å². The molecule has 1 aromatic heterocycles. The van der Waals surface area contributed by atoms with Crippen molar-refractivity contribution in [3.05, 3.63) is 57.8 Å². The third-order valence-corrected chi connectivity index (χ3v) is 5.98. The lowest BCUT2D eigenvalue weighted by Gasteiger charge is -2.29. The highest BCUT2D eigenvalue weighted by Gasteiger charge is 2.36. The van der Waals surface area contributed by atoms with Gasteiger partial charge in [-0.1, -0.05) is 45.7 Å². The molecule has 2 aromatic rings. The molecule has 24 heavy (non-hydrogen) atoms.